The molecule has 5 rings (SSSR count). The van der Waals surface area contributed by atoms with Gasteiger partial charge in [0.2, 0.25) is 5.95 Å². The molecule has 0 radical (unpaired) electrons. The normalized spacial score (nSPS) is 13.3. The van der Waals surface area contributed by atoms with Crippen molar-refractivity contribution in [1.29, 1.82) is 0 Å². The van der Waals surface area contributed by atoms with Crippen molar-refractivity contribution in [3.63, 3.8) is 0 Å². The van der Waals surface area contributed by atoms with E-state index in [1.54, 1.807) is 36.4 Å². The number of amides is 1. The summed E-state index contributed by atoms with van der Waals surface area (Å²) in [5.41, 5.74) is 2.43. The van der Waals surface area contributed by atoms with Gasteiger partial charge in [0.05, 0.1) is 5.39 Å². The van der Waals surface area contributed by atoms with Gasteiger partial charge in [-0.2, -0.15) is 4.98 Å². The van der Waals surface area contributed by atoms with E-state index in [1.807, 2.05) is 25.1 Å². The maximum Gasteiger partial charge on any atom is 0.291 e. The highest BCUT2D eigenvalue weighted by atomic mass is 16.3. The number of carbonyl (C=O) groups is 1. The summed E-state index contributed by atoms with van der Waals surface area (Å²) in [7, 11) is 0. The summed E-state index contributed by atoms with van der Waals surface area (Å²) in [5, 5.41) is 6.50. The Morgan fingerprint density at radius 2 is 1.70 bits per heavy atom. The maximum atomic E-state index is 12.6. The summed E-state index contributed by atoms with van der Waals surface area (Å²) < 4.78 is 5.60. The van der Waals surface area contributed by atoms with Crippen molar-refractivity contribution in [3.8, 4) is 0 Å². The van der Waals surface area contributed by atoms with Crippen molar-refractivity contribution in [3.05, 3.63) is 82.3 Å². The summed E-state index contributed by atoms with van der Waals surface area (Å²) in [6.07, 6.45) is 2.33. The largest absolute Gasteiger partial charge is 0.451 e. The lowest BCUT2D eigenvalue weighted by atomic mass is 10.2. The molecule has 0 spiro atoms. The molecule has 1 amide bonds. The minimum atomic E-state index is -0.486. The molecule has 1 aliphatic heterocycles. The van der Waals surface area contributed by atoms with Crippen LogP contribution in [0.5, 0.6) is 0 Å². The van der Waals surface area contributed by atoms with Crippen LogP contribution < -0.4 is 21.0 Å². The van der Waals surface area contributed by atoms with Crippen LogP contribution in [0, 0.1) is 6.92 Å². The molecule has 0 aliphatic carbocycles. The third-order valence-electron chi connectivity index (χ3n) is 5.50. The summed E-state index contributed by atoms with van der Waals surface area (Å²) >= 11 is 0. The Balaban J connectivity index is 1.29. The highest BCUT2D eigenvalue weighted by Gasteiger charge is 2.16. The number of carbonyl (C=O) groups excluding carboxylic acids is 1. The zero-order valence-electron chi connectivity index (χ0n) is 18.2. The number of nitrogens with zero attached hydrogens (tertiary/aromatic N) is 3. The van der Waals surface area contributed by atoms with E-state index in [9.17, 15) is 9.59 Å². The molecule has 8 nitrogen and oxygen atoms in total. The fourth-order valence-corrected chi connectivity index (χ4v) is 3.87. The number of aryl methyl sites for hydroxylation is 1. The van der Waals surface area contributed by atoms with E-state index in [0.717, 1.165) is 49.1 Å². The summed E-state index contributed by atoms with van der Waals surface area (Å²) in [6.45, 7) is 3.92. The predicted molar refractivity (Wildman–Crippen MR) is 128 cm³/mol. The Bertz CT molecular complexity index is 1380. The second-order valence-corrected chi connectivity index (χ2v) is 8.02. The number of hydrogen-bond acceptors (Lipinski definition) is 7. The van der Waals surface area contributed by atoms with Gasteiger partial charge in [-0.05, 0) is 56.2 Å². The molecule has 33 heavy (non-hydrogen) atoms. The summed E-state index contributed by atoms with van der Waals surface area (Å²) in [4.78, 5) is 36.2. The van der Waals surface area contributed by atoms with Gasteiger partial charge < -0.3 is 20.0 Å². The lowest BCUT2D eigenvalue weighted by Gasteiger charge is -2.17. The topological polar surface area (TPSA) is 100 Å². The lowest BCUT2D eigenvalue weighted by molar-refractivity contribution is 0.0997. The van der Waals surface area contributed by atoms with Crippen LogP contribution in [0.1, 0.15) is 29.1 Å². The average Bonchev–Trinajstić information content (AvgIpc) is 3.35. The van der Waals surface area contributed by atoms with Crippen LogP contribution >= 0.6 is 0 Å². The molecule has 0 atom stereocenters. The molecule has 1 fully saturated rings. The first-order valence-corrected chi connectivity index (χ1v) is 10.9. The maximum absolute atomic E-state index is 12.6. The number of anilines is 4. The summed E-state index contributed by atoms with van der Waals surface area (Å²) in [5.74, 6) is 0.946. The number of benzene rings is 2. The molecular weight excluding hydrogens is 418 g/mol. The molecule has 0 unspecified atom stereocenters. The number of nitrogens with one attached hydrogen (secondary N) is 2. The van der Waals surface area contributed by atoms with Crippen LogP contribution in [0.15, 0.2) is 69.9 Å². The van der Waals surface area contributed by atoms with Gasteiger partial charge in [-0.25, -0.2) is 4.98 Å². The molecular formula is C25H23N5O3. The van der Waals surface area contributed by atoms with E-state index < -0.39 is 5.91 Å². The number of rotatable bonds is 5. The molecule has 2 aromatic heterocycles. The fourth-order valence-electron chi connectivity index (χ4n) is 3.87. The van der Waals surface area contributed by atoms with Gasteiger partial charge in [-0.1, -0.05) is 12.1 Å². The van der Waals surface area contributed by atoms with Crippen LogP contribution in [-0.4, -0.2) is 29.0 Å². The van der Waals surface area contributed by atoms with Gasteiger partial charge in [0.25, 0.3) is 5.91 Å². The van der Waals surface area contributed by atoms with Gasteiger partial charge in [-0.15, -0.1) is 0 Å². The van der Waals surface area contributed by atoms with Gasteiger partial charge in [-0.3, -0.25) is 9.59 Å². The SMILES string of the molecule is Cc1cc(Nc2ccc(NC(=O)c3cc(=O)c4ccccc4o3)cc2)nc(N2CCCC2)n1. The van der Waals surface area contributed by atoms with Crippen LogP contribution in [0.2, 0.25) is 0 Å². The monoisotopic (exact) mass is 441 g/mol. The highest BCUT2D eigenvalue weighted by molar-refractivity contribution is 6.03. The molecule has 0 saturated carbocycles. The molecule has 166 valence electrons. The zero-order chi connectivity index (χ0) is 22.8. The Kier molecular flexibility index (Phi) is 5.48. The van der Waals surface area contributed by atoms with Gasteiger partial charge in [0, 0.05) is 42.3 Å². The van der Waals surface area contributed by atoms with Crippen LogP contribution in [0.3, 0.4) is 0 Å². The Morgan fingerprint density at radius 3 is 2.48 bits per heavy atom. The second kappa shape index (κ2) is 8.74. The van der Waals surface area contributed by atoms with Gasteiger partial charge in [0.15, 0.2) is 11.2 Å². The van der Waals surface area contributed by atoms with Crippen molar-refractivity contribution in [2.75, 3.05) is 28.6 Å². The minimum Gasteiger partial charge on any atom is -0.451 e. The summed E-state index contributed by atoms with van der Waals surface area (Å²) in [6, 6.07) is 17.2. The second-order valence-electron chi connectivity index (χ2n) is 8.02. The van der Waals surface area contributed by atoms with Crippen molar-refractivity contribution in [1.82, 2.24) is 9.97 Å². The van der Waals surface area contributed by atoms with E-state index in [1.165, 1.54) is 6.07 Å². The van der Waals surface area contributed by atoms with Crippen LogP contribution in [-0.2, 0) is 0 Å². The zero-order valence-corrected chi connectivity index (χ0v) is 18.2. The average molecular weight is 441 g/mol. The van der Waals surface area contributed by atoms with Crippen LogP contribution in [0.25, 0.3) is 11.0 Å². The first-order valence-electron chi connectivity index (χ1n) is 10.9. The van der Waals surface area contributed by atoms with E-state index in [2.05, 4.69) is 25.5 Å². The van der Waals surface area contributed by atoms with Gasteiger partial charge in [0.1, 0.15) is 11.4 Å². The van der Waals surface area contributed by atoms with E-state index in [4.69, 9.17) is 4.42 Å². The number of fused-ring (bicyclic) bond motifs is 1. The lowest BCUT2D eigenvalue weighted by Crippen LogP contribution is -2.21. The Morgan fingerprint density at radius 1 is 0.970 bits per heavy atom. The molecule has 4 aromatic rings. The molecule has 1 aliphatic rings. The number of aromatic nitrogens is 2. The number of para-hydroxylation sites is 1. The van der Waals surface area contributed by atoms with Crippen LogP contribution in [0.4, 0.5) is 23.1 Å². The first kappa shape index (κ1) is 20.7. The fraction of sp³-hybridized carbons (Fsp3) is 0.200. The van der Waals surface area contributed by atoms with Crippen molar-refractivity contribution in [2.24, 2.45) is 0 Å². The number of hydrogen-bond donors (Lipinski definition) is 2. The standard InChI is InChI=1S/C25H23N5O3/c1-16-14-23(29-25(26-16)30-12-4-5-13-30)27-17-8-10-18(11-9-17)28-24(32)22-15-20(31)19-6-2-3-7-21(19)33-22/h2-3,6-11,14-15H,4-5,12-13H2,1H3,(H,28,32)(H,26,27,29). The van der Waals surface area contributed by atoms with E-state index >= 15 is 0 Å². The Hall–Kier alpha value is -4.20. The van der Waals surface area contributed by atoms with E-state index in [0.29, 0.717) is 16.7 Å². The molecule has 3 heterocycles. The molecule has 8 heteroatoms. The quantitative estimate of drug-likeness (QED) is 0.471. The third kappa shape index (κ3) is 4.55. The van der Waals surface area contributed by atoms with Crippen molar-refractivity contribution in [2.45, 2.75) is 19.8 Å². The van der Waals surface area contributed by atoms with Crippen molar-refractivity contribution < 1.29 is 9.21 Å². The molecule has 1 saturated heterocycles. The first-order chi connectivity index (χ1) is 16.0. The van der Waals surface area contributed by atoms with E-state index in [-0.39, 0.29) is 11.2 Å². The minimum absolute atomic E-state index is 0.0354. The third-order valence-corrected chi connectivity index (χ3v) is 5.50. The predicted octanol–water partition coefficient (Wildman–Crippen LogP) is 4.49. The Labute approximate surface area is 190 Å². The molecule has 2 aromatic carbocycles. The smallest absolute Gasteiger partial charge is 0.291 e. The van der Waals surface area contributed by atoms with Crippen molar-refractivity contribution >= 4 is 40.0 Å². The molecule has 0 bridgehead atoms. The van der Waals surface area contributed by atoms with Gasteiger partial charge >= 0.3 is 0 Å². The molecule has 2 N–H and O–H groups in total. The highest BCUT2D eigenvalue weighted by Crippen LogP contribution is 2.22.